The molecular formula is C14H16BrN3O. The molecule has 0 aliphatic rings. The summed E-state index contributed by atoms with van der Waals surface area (Å²) in [5, 5.41) is 0. The van der Waals surface area contributed by atoms with Gasteiger partial charge in [-0.25, -0.2) is 4.98 Å². The van der Waals surface area contributed by atoms with Crippen LogP contribution in [0.5, 0.6) is 0 Å². The fourth-order valence-corrected chi connectivity index (χ4v) is 2.37. The quantitative estimate of drug-likeness (QED) is 0.944. The molecule has 0 saturated heterocycles. The summed E-state index contributed by atoms with van der Waals surface area (Å²) in [6.07, 6.45) is 3.49. The Morgan fingerprint density at radius 3 is 2.74 bits per heavy atom. The predicted molar refractivity (Wildman–Crippen MR) is 79.3 cm³/mol. The number of pyridine rings is 1. The van der Waals surface area contributed by atoms with Crippen molar-refractivity contribution in [3.05, 3.63) is 43.9 Å². The van der Waals surface area contributed by atoms with E-state index in [1.54, 1.807) is 6.20 Å². The minimum absolute atomic E-state index is 0.157. The minimum atomic E-state index is -0.157. The van der Waals surface area contributed by atoms with Crippen molar-refractivity contribution in [3.63, 3.8) is 0 Å². The molecule has 0 spiro atoms. The second-order valence-electron chi connectivity index (χ2n) is 4.60. The summed E-state index contributed by atoms with van der Waals surface area (Å²) in [7, 11) is 0. The highest BCUT2D eigenvalue weighted by Gasteiger charge is 2.12. The molecule has 19 heavy (non-hydrogen) atoms. The number of hydrogen-bond acceptors (Lipinski definition) is 3. The summed E-state index contributed by atoms with van der Waals surface area (Å²) in [5.41, 5.74) is 3.45. The number of halogens is 1. The van der Waals surface area contributed by atoms with Crippen molar-refractivity contribution >= 4 is 15.9 Å². The van der Waals surface area contributed by atoms with Crippen LogP contribution in [0.15, 0.2) is 21.5 Å². The summed E-state index contributed by atoms with van der Waals surface area (Å²) < 4.78 is 0.517. The van der Waals surface area contributed by atoms with Gasteiger partial charge < -0.3 is 4.98 Å². The Morgan fingerprint density at radius 2 is 2.11 bits per heavy atom. The van der Waals surface area contributed by atoms with E-state index in [0.29, 0.717) is 10.3 Å². The van der Waals surface area contributed by atoms with Gasteiger partial charge in [-0.3, -0.25) is 9.78 Å². The molecule has 0 aliphatic carbocycles. The van der Waals surface area contributed by atoms with Gasteiger partial charge in [0.2, 0.25) is 0 Å². The second kappa shape index (κ2) is 5.65. The van der Waals surface area contributed by atoms with Gasteiger partial charge in [0, 0.05) is 6.20 Å². The molecule has 0 unspecified atom stereocenters. The van der Waals surface area contributed by atoms with Crippen LogP contribution in [0.3, 0.4) is 0 Å². The molecule has 0 amide bonds. The van der Waals surface area contributed by atoms with Crippen molar-refractivity contribution in [3.8, 4) is 11.5 Å². The molecule has 0 saturated carbocycles. The minimum Gasteiger partial charge on any atom is -0.304 e. The van der Waals surface area contributed by atoms with E-state index in [4.69, 9.17) is 0 Å². The molecule has 0 radical (unpaired) electrons. The predicted octanol–water partition coefficient (Wildman–Crippen LogP) is 3.16. The smallest absolute Gasteiger partial charge is 0.265 e. The van der Waals surface area contributed by atoms with Gasteiger partial charge in [-0.1, -0.05) is 19.4 Å². The molecule has 5 heteroatoms. The Hall–Kier alpha value is -1.49. The Kier molecular flexibility index (Phi) is 4.14. The van der Waals surface area contributed by atoms with Crippen molar-refractivity contribution in [2.45, 2.75) is 33.6 Å². The monoisotopic (exact) mass is 321 g/mol. The first-order valence-corrected chi connectivity index (χ1v) is 7.04. The Labute approximate surface area is 120 Å². The van der Waals surface area contributed by atoms with Gasteiger partial charge in [0.1, 0.15) is 10.2 Å². The normalized spacial score (nSPS) is 10.7. The lowest BCUT2D eigenvalue weighted by Gasteiger charge is -2.08. The van der Waals surface area contributed by atoms with Gasteiger partial charge in [0.15, 0.2) is 5.82 Å². The van der Waals surface area contributed by atoms with Gasteiger partial charge in [0.25, 0.3) is 5.56 Å². The van der Waals surface area contributed by atoms with Crippen LogP contribution in [0.1, 0.15) is 30.2 Å². The lowest BCUT2D eigenvalue weighted by molar-refractivity contribution is 0.859. The van der Waals surface area contributed by atoms with Gasteiger partial charge in [-0.05, 0) is 47.3 Å². The molecule has 2 heterocycles. The summed E-state index contributed by atoms with van der Waals surface area (Å²) in [5.74, 6) is 0.536. The summed E-state index contributed by atoms with van der Waals surface area (Å²) in [6, 6.07) is 2.03. The van der Waals surface area contributed by atoms with Gasteiger partial charge in [-0.15, -0.1) is 0 Å². The molecule has 2 aromatic heterocycles. The summed E-state index contributed by atoms with van der Waals surface area (Å²) in [6.45, 7) is 6.02. The van der Waals surface area contributed by atoms with E-state index in [-0.39, 0.29) is 5.56 Å². The Bertz CT molecular complexity index is 664. The Balaban J connectivity index is 2.59. The number of nitrogens with zero attached hydrogens (tertiary/aromatic N) is 2. The highest BCUT2D eigenvalue weighted by molar-refractivity contribution is 9.10. The first kappa shape index (κ1) is 13.9. The van der Waals surface area contributed by atoms with Crippen LogP contribution in [0.25, 0.3) is 11.5 Å². The third-order valence-electron chi connectivity index (χ3n) is 2.86. The van der Waals surface area contributed by atoms with Crippen LogP contribution < -0.4 is 5.56 Å². The number of hydrogen-bond donors (Lipinski definition) is 1. The maximum absolute atomic E-state index is 11.9. The van der Waals surface area contributed by atoms with Gasteiger partial charge in [-0.2, -0.15) is 0 Å². The molecule has 0 fully saturated rings. The maximum atomic E-state index is 11.9. The molecule has 2 rings (SSSR count). The van der Waals surface area contributed by atoms with Crippen LogP contribution >= 0.6 is 15.9 Å². The molecular weight excluding hydrogens is 306 g/mol. The molecule has 0 atom stereocenters. The second-order valence-corrected chi connectivity index (χ2v) is 5.40. The molecule has 1 N–H and O–H groups in total. The number of aromatic nitrogens is 3. The number of aryl methyl sites for hydroxylation is 3. The van der Waals surface area contributed by atoms with Crippen molar-refractivity contribution in [1.82, 2.24) is 15.0 Å². The zero-order valence-electron chi connectivity index (χ0n) is 11.2. The maximum Gasteiger partial charge on any atom is 0.265 e. The van der Waals surface area contributed by atoms with Crippen molar-refractivity contribution in [2.24, 2.45) is 0 Å². The highest BCUT2D eigenvalue weighted by Crippen LogP contribution is 2.19. The molecule has 4 nitrogen and oxygen atoms in total. The fraction of sp³-hybridized carbons (Fsp3) is 0.357. The lowest BCUT2D eigenvalue weighted by atomic mass is 10.1. The molecule has 2 aromatic rings. The first-order valence-electron chi connectivity index (χ1n) is 6.25. The van der Waals surface area contributed by atoms with Crippen LogP contribution in [0.4, 0.5) is 0 Å². The molecule has 0 aliphatic heterocycles. The van der Waals surface area contributed by atoms with Crippen LogP contribution in [-0.2, 0) is 6.42 Å². The van der Waals surface area contributed by atoms with Gasteiger partial charge >= 0.3 is 0 Å². The molecule has 0 bridgehead atoms. The topological polar surface area (TPSA) is 58.6 Å². The van der Waals surface area contributed by atoms with Crippen molar-refractivity contribution in [2.75, 3.05) is 0 Å². The third kappa shape index (κ3) is 2.92. The first-order chi connectivity index (χ1) is 9.02. The van der Waals surface area contributed by atoms with Crippen LogP contribution in [0, 0.1) is 13.8 Å². The average molecular weight is 322 g/mol. The van der Waals surface area contributed by atoms with E-state index in [2.05, 4.69) is 37.8 Å². The highest BCUT2D eigenvalue weighted by atomic mass is 79.9. The number of nitrogens with one attached hydrogen (secondary N) is 1. The zero-order valence-corrected chi connectivity index (χ0v) is 12.8. The zero-order chi connectivity index (χ0) is 14.0. The van der Waals surface area contributed by atoms with E-state index in [9.17, 15) is 4.79 Å². The molecule has 100 valence electrons. The van der Waals surface area contributed by atoms with Gasteiger partial charge in [0.05, 0.1) is 5.69 Å². The summed E-state index contributed by atoms with van der Waals surface area (Å²) in [4.78, 5) is 23.6. The van der Waals surface area contributed by atoms with E-state index in [1.807, 2.05) is 19.9 Å². The van der Waals surface area contributed by atoms with Crippen LogP contribution in [-0.4, -0.2) is 15.0 Å². The van der Waals surface area contributed by atoms with E-state index < -0.39 is 0 Å². The summed E-state index contributed by atoms with van der Waals surface area (Å²) >= 11 is 3.29. The standard InChI is InChI=1S/C14H16BrN3O/c1-4-5-10-11(15)14(19)18-13(17-10)12-9(3)6-8(2)7-16-12/h6-7H,4-5H2,1-3H3,(H,17,18,19). The molecule has 0 aromatic carbocycles. The van der Waals surface area contributed by atoms with Crippen molar-refractivity contribution < 1.29 is 0 Å². The SMILES string of the molecule is CCCc1nc(-c2ncc(C)cc2C)[nH]c(=O)c1Br. The van der Waals surface area contributed by atoms with Crippen molar-refractivity contribution in [1.29, 1.82) is 0 Å². The van der Waals surface area contributed by atoms with Crippen LogP contribution in [0.2, 0.25) is 0 Å². The fourth-order valence-electron chi connectivity index (χ4n) is 1.98. The van der Waals surface area contributed by atoms with E-state index in [0.717, 1.165) is 35.4 Å². The third-order valence-corrected chi connectivity index (χ3v) is 3.68. The largest absolute Gasteiger partial charge is 0.304 e. The Morgan fingerprint density at radius 1 is 1.37 bits per heavy atom. The number of H-pyrrole nitrogens is 1. The lowest BCUT2D eigenvalue weighted by Crippen LogP contribution is -2.14. The van der Waals surface area contributed by atoms with E-state index in [1.165, 1.54) is 0 Å². The number of aromatic amines is 1. The average Bonchev–Trinajstić information content (AvgIpc) is 2.35. The number of rotatable bonds is 3. The van der Waals surface area contributed by atoms with E-state index >= 15 is 0 Å².